The lowest BCUT2D eigenvalue weighted by atomic mass is 10.0. The zero-order chi connectivity index (χ0) is 15.2. The average molecular weight is 340 g/mol. The largest absolute Gasteiger partial charge is 0.412 e. The third kappa shape index (κ3) is 13.7. The van der Waals surface area contributed by atoms with Crippen molar-refractivity contribution < 1.29 is 4.43 Å². The average Bonchev–Trinajstić information content (AvgIpc) is 2.39. The second kappa shape index (κ2) is 14.7. The van der Waals surface area contributed by atoms with Crippen LogP contribution in [0.15, 0.2) is 0 Å². The SMILES string of the molecule is CCCCCCCCCCCCC(O[Si](C)C)C(Cl)Cl. The number of unbranched alkanes of at least 4 members (excludes halogenated alkanes) is 9. The lowest BCUT2D eigenvalue weighted by molar-refractivity contribution is 0.203. The van der Waals surface area contributed by atoms with Gasteiger partial charge in [-0.15, -0.1) is 23.2 Å². The van der Waals surface area contributed by atoms with Crippen molar-refractivity contribution in [3.8, 4) is 0 Å². The van der Waals surface area contributed by atoms with E-state index in [2.05, 4.69) is 20.0 Å². The van der Waals surface area contributed by atoms with Crippen LogP contribution in [0, 0.1) is 0 Å². The summed E-state index contributed by atoms with van der Waals surface area (Å²) >= 11 is 11.9. The first-order valence-electron chi connectivity index (χ1n) is 8.32. The van der Waals surface area contributed by atoms with Crippen molar-refractivity contribution in [2.45, 2.75) is 102 Å². The van der Waals surface area contributed by atoms with Crippen molar-refractivity contribution in [3.63, 3.8) is 0 Å². The molecular weight excluding hydrogens is 307 g/mol. The molecule has 1 radical (unpaired) electrons. The van der Waals surface area contributed by atoms with E-state index in [4.69, 9.17) is 27.6 Å². The van der Waals surface area contributed by atoms with Crippen LogP contribution >= 0.6 is 23.2 Å². The van der Waals surface area contributed by atoms with E-state index in [0.717, 1.165) is 6.42 Å². The molecule has 0 rings (SSSR count). The van der Waals surface area contributed by atoms with Crippen LogP contribution in [-0.4, -0.2) is 20.0 Å². The lowest BCUT2D eigenvalue weighted by Gasteiger charge is -2.20. The van der Waals surface area contributed by atoms with Gasteiger partial charge < -0.3 is 4.43 Å². The summed E-state index contributed by atoms with van der Waals surface area (Å²) in [6, 6.07) is 0. The molecular formula is C16H33Cl2OSi. The van der Waals surface area contributed by atoms with E-state index in [1.165, 1.54) is 64.2 Å². The molecule has 0 heterocycles. The van der Waals surface area contributed by atoms with Gasteiger partial charge in [-0.3, -0.25) is 0 Å². The molecule has 1 nitrogen and oxygen atoms in total. The minimum absolute atomic E-state index is 0.0382. The third-order valence-electron chi connectivity index (χ3n) is 3.51. The van der Waals surface area contributed by atoms with E-state index in [1.54, 1.807) is 0 Å². The molecule has 0 aliphatic heterocycles. The van der Waals surface area contributed by atoms with Crippen LogP contribution in [0.1, 0.15) is 77.6 Å². The van der Waals surface area contributed by atoms with Gasteiger partial charge in [-0.1, -0.05) is 71.1 Å². The molecule has 0 spiro atoms. The van der Waals surface area contributed by atoms with Gasteiger partial charge in [0.1, 0.15) is 4.84 Å². The smallest absolute Gasteiger partial charge is 0.205 e. The quantitative estimate of drug-likeness (QED) is 0.193. The topological polar surface area (TPSA) is 9.23 Å². The fourth-order valence-corrected chi connectivity index (χ4v) is 3.76. The number of halogens is 2. The molecule has 1 atom stereocenters. The fourth-order valence-electron chi connectivity index (χ4n) is 2.37. The highest BCUT2D eigenvalue weighted by Crippen LogP contribution is 2.20. The van der Waals surface area contributed by atoms with Gasteiger partial charge in [0.2, 0.25) is 9.04 Å². The number of alkyl halides is 2. The Morgan fingerprint density at radius 3 is 1.65 bits per heavy atom. The molecule has 0 bridgehead atoms. The molecule has 0 saturated heterocycles. The molecule has 4 heteroatoms. The van der Waals surface area contributed by atoms with E-state index >= 15 is 0 Å². The number of hydrogen-bond donors (Lipinski definition) is 0. The highest BCUT2D eigenvalue weighted by atomic mass is 35.5. The second-order valence-electron chi connectivity index (χ2n) is 5.87. The van der Waals surface area contributed by atoms with Gasteiger partial charge in [-0.25, -0.2) is 0 Å². The molecule has 20 heavy (non-hydrogen) atoms. The minimum Gasteiger partial charge on any atom is -0.412 e. The van der Waals surface area contributed by atoms with Crippen LogP contribution in [0.3, 0.4) is 0 Å². The summed E-state index contributed by atoms with van der Waals surface area (Å²) in [7, 11) is -0.708. The van der Waals surface area contributed by atoms with Gasteiger partial charge in [-0.2, -0.15) is 0 Å². The predicted molar refractivity (Wildman–Crippen MR) is 94.3 cm³/mol. The Hall–Kier alpha value is 0.757. The van der Waals surface area contributed by atoms with Gasteiger partial charge in [0.05, 0.1) is 6.10 Å². The Morgan fingerprint density at radius 1 is 0.800 bits per heavy atom. The fraction of sp³-hybridized carbons (Fsp3) is 1.00. The van der Waals surface area contributed by atoms with Crippen LogP contribution < -0.4 is 0 Å². The second-order valence-corrected chi connectivity index (χ2v) is 9.09. The minimum atomic E-state index is -0.708. The molecule has 0 aliphatic carbocycles. The number of rotatable bonds is 14. The first-order chi connectivity index (χ1) is 9.57. The molecule has 0 aliphatic rings. The lowest BCUT2D eigenvalue weighted by Crippen LogP contribution is -2.26. The summed E-state index contributed by atoms with van der Waals surface area (Å²) < 4.78 is 5.83. The maximum Gasteiger partial charge on any atom is 0.205 e. The van der Waals surface area contributed by atoms with Gasteiger partial charge in [-0.05, 0) is 19.5 Å². The van der Waals surface area contributed by atoms with Gasteiger partial charge in [0, 0.05) is 0 Å². The van der Waals surface area contributed by atoms with E-state index in [-0.39, 0.29) is 10.9 Å². The third-order valence-corrected chi connectivity index (χ3v) is 4.85. The zero-order valence-corrected chi connectivity index (χ0v) is 16.1. The molecule has 0 aromatic rings. The van der Waals surface area contributed by atoms with Crippen molar-refractivity contribution in [2.24, 2.45) is 0 Å². The van der Waals surface area contributed by atoms with Crippen molar-refractivity contribution >= 4 is 32.2 Å². The Bertz CT molecular complexity index is 201. The maximum absolute atomic E-state index is 5.97. The van der Waals surface area contributed by atoms with E-state index in [0.29, 0.717) is 0 Å². The standard InChI is InChI=1S/C16H33Cl2OSi/c1-4-5-6-7-8-9-10-11-12-13-14-15(16(17)18)19-20(2)3/h15-16H,4-14H2,1-3H3. The monoisotopic (exact) mass is 339 g/mol. The van der Waals surface area contributed by atoms with Crippen LogP contribution in [0.2, 0.25) is 13.1 Å². The van der Waals surface area contributed by atoms with Crippen LogP contribution in [-0.2, 0) is 4.43 Å². The summed E-state index contributed by atoms with van der Waals surface area (Å²) in [5.41, 5.74) is 0. The highest BCUT2D eigenvalue weighted by molar-refractivity contribution is 6.49. The molecule has 0 saturated carbocycles. The van der Waals surface area contributed by atoms with Crippen LogP contribution in [0.5, 0.6) is 0 Å². The van der Waals surface area contributed by atoms with E-state index in [1.807, 2.05) is 0 Å². The maximum atomic E-state index is 5.97. The first-order valence-corrected chi connectivity index (χ1v) is 11.6. The van der Waals surface area contributed by atoms with Crippen LogP contribution in [0.25, 0.3) is 0 Å². The molecule has 0 amide bonds. The van der Waals surface area contributed by atoms with E-state index < -0.39 is 9.04 Å². The molecule has 121 valence electrons. The summed E-state index contributed by atoms with van der Waals surface area (Å²) in [5, 5.41) is 0. The highest BCUT2D eigenvalue weighted by Gasteiger charge is 2.18. The van der Waals surface area contributed by atoms with Crippen molar-refractivity contribution in [2.75, 3.05) is 0 Å². The Morgan fingerprint density at radius 2 is 1.25 bits per heavy atom. The molecule has 0 aromatic heterocycles. The van der Waals surface area contributed by atoms with Crippen molar-refractivity contribution in [1.82, 2.24) is 0 Å². The zero-order valence-electron chi connectivity index (χ0n) is 13.6. The number of hydrogen-bond acceptors (Lipinski definition) is 1. The summed E-state index contributed by atoms with van der Waals surface area (Å²) in [5.74, 6) is 0. The van der Waals surface area contributed by atoms with Crippen molar-refractivity contribution in [3.05, 3.63) is 0 Å². The van der Waals surface area contributed by atoms with Gasteiger partial charge in [0.15, 0.2) is 0 Å². The molecule has 1 unspecified atom stereocenters. The van der Waals surface area contributed by atoms with Crippen LogP contribution in [0.4, 0.5) is 0 Å². The normalized spacial score (nSPS) is 13.3. The predicted octanol–water partition coefficient (Wildman–Crippen LogP) is 6.74. The summed E-state index contributed by atoms with van der Waals surface area (Å²) in [4.78, 5) is -0.381. The summed E-state index contributed by atoms with van der Waals surface area (Å²) in [6.45, 7) is 6.53. The Balaban J connectivity index is 3.37. The van der Waals surface area contributed by atoms with E-state index in [9.17, 15) is 0 Å². The Kier molecular flexibility index (Phi) is 15.2. The molecule has 0 N–H and O–H groups in total. The van der Waals surface area contributed by atoms with Gasteiger partial charge in [0.25, 0.3) is 0 Å². The van der Waals surface area contributed by atoms with Crippen molar-refractivity contribution in [1.29, 1.82) is 0 Å². The molecule has 0 aromatic carbocycles. The summed E-state index contributed by atoms with van der Waals surface area (Å²) in [6.07, 6.45) is 14.6. The molecule has 0 fully saturated rings. The van der Waals surface area contributed by atoms with Gasteiger partial charge >= 0.3 is 0 Å². The first kappa shape index (κ1) is 20.8. The Labute approximate surface area is 138 Å².